The van der Waals surface area contributed by atoms with E-state index in [1.54, 1.807) is 0 Å². The van der Waals surface area contributed by atoms with Crippen molar-refractivity contribution < 1.29 is 4.79 Å². The molecule has 2 bridgehead atoms. The van der Waals surface area contributed by atoms with Gasteiger partial charge in [-0.2, -0.15) is 0 Å². The summed E-state index contributed by atoms with van der Waals surface area (Å²) in [6.07, 6.45) is 3.99. The Morgan fingerprint density at radius 2 is 1.59 bits per heavy atom. The highest BCUT2D eigenvalue weighted by atomic mass is 16.1. The summed E-state index contributed by atoms with van der Waals surface area (Å²) >= 11 is 0. The van der Waals surface area contributed by atoms with Crippen molar-refractivity contribution in [3.8, 4) is 0 Å². The van der Waals surface area contributed by atoms with Gasteiger partial charge in [-0.05, 0) is 95.2 Å². The number of hydrogen-bond acceptors (Lipinski definition) is 2. The zero-order chi connectivity index (χ0) is 22.6. The summed E-state index contributed by atoms with van der Waals surface area (Å²) in [4.78, 5) is 13.2. The number of benzene rings is 4. The second kappa shape index (κ2) is 7.73. The van der Waals surface area contributed by atoms with E-state index in [-0.39, 0.29) is 5.91 Å². The molecule has 1 heterocycles. The average Bonchev–Trinajstić information content (AvgIpc) is 3.51. The molecule has 3 nitrogen and oxygen atoms in total. The molecule has 4 aromatic rings. The summed E-state index contributed by atoms with van der Waals surface area (Å²) < 4.78 is 0. The van der Waals surface area contributed by atoms with Crippen LogP contribution in [-0.2, 0) is 0 Å². The van der Waals surface area contributed by atoms with E-state index in [0.29, 0.717) is 17.9 Å². The lowest BCUT2D eigenvalue weighted by Gasteiger charge is -2.43. The molecule has 7 rings (SSSR count). The summed E-state index contributed by atoms with van der Waals surface area (Å²) in [5, 5.41) is 9.31. The third-order valence-corrected chi connectivity index (χ3v) is 8.52. The van der Waals surface area contributed by atoms with Gasteiger partial charge in [-0.3, -0.25) is 4.79 Å². The molecule has 34 heavy (non-hydrogen) atoms. The van der Waals surface area contributed by atoms with Gasteiger partial charge in [0, 0.05) is 16.9 Å². The first kappa shape index (κ1) is 19.8. The van der Waals surface area contributed by atoms with Crippen LogP contribution in [0, 0.1) is 17.8 Å². The van der Waals surface area contributed by atoms with Gasteiger partial charge in [0.1, 0.15) is 0 Å². The van der Waals surface area contributed by atoms with Crippen LogP contribution < -0.4 is 10.6 Å². The van der Waals surface area contributed by atoms with E-state index in [9.17, 15) is 4.79 Å². The van der Waals surface area contributed by atoms with E-state index >= 15 is 0 Å². The van der Waals surface area contributed by atoms with E-state index in [2.05, 4.69) is 71.3 Å². The smallest absolute Gasteiger partial charge is 0.255 e. The molecule has 1 aliphatic heterocycles. The zero-order valence-electron chi connectivity index (χ0n) is 19.1. The summed E-state index contributed by atoms with van der Waals surface area (Å²) in [7, 11) is 0. The molecule has 0 radical (unpaired) electrons. The first-order valence-corrected chi connectivity index (χ1v) is 12.5. The number of rotatable bonds is 3. The van der Waals surface area contributed by atoms with Gasteiger partial charge in [0.15, 0.2) is 0 Å². The Hall–Kier alpha value is -3.59. The Morgan fingerprint density at radius 3 is 2.47 bits per heavy atom. The Bertz CT molecular complexity index is 1400. The number of fused-ring (bicyclic) bond motifs is 8. The van der Waals surface area contributed by atoms with Crippen LogP contribution in [0.5, 0.6) is 0 Å². The predicted molar refractivity (Wildman–Crippen MR) is 138 cm³/mol. The molecule has 5 unspecified atom stereocenters. The van der Waals surface area contributed by atoms with Gasteiger partial charge < -0.3 is 10.6 Å². The van der Waals surface area contributed by atoms with Gasteiger partial charge >= 0.3 is 0 Å². The number of carbonyl (C=O) groups is 1. The van der Waals surface area contributed by atoms with Gasteiger partial charge in [-0.15, -0.1) is 0 Å². The largest absolute Gasteiger partial charge is 0.378 e. The molecule has 3 heteroatoms. The molecule has 0 spiro atoms. The Kier molecular flexibility index (Phi) is 4.51. The Labute approximate surface area is 200 Å². The normalized spacial score (nSPS) is 26.5. The van der Waals surface area contributed by atoms with Gasteiger partial charge in [0.25, 0.3) is 5.91 Å². The molecule has 2 saturated carbocycles. The SMILES string of the molecule is O=C(Nc1ccc2ccccc2c1)c1ccc2c(c1)C1C3CCC(C3)C1C(c1ccccc1)N2. The summed E-state index contributed by atoms with van der Waals surface area (Å²) in [5.74, 6) is 2.61. The minimum Gasteiger partial charge on any atom is -0.378 e. The highest BCUT2D eigenvalue weighted by Gasteiger charge is 2.53. The lowest BCUT2D eigenvalue weighted by molar-refractivity contribution is 0.102. The quantitative estimate of drug-likeness (QED) is 0.346. The molecule has 0 aromatic heterocycles. The monoisotopic (exact) mass is 444 g/mol. The minimum atomic E-state index is -0.0389. The fourth-order valence-electron chi connectivity index (χ4n) is 7.09. The molecule has 1 amide bonds. The lowest BCUT2D eigenvalue weighted by atomic mass is 9.68. The molecular weight excluding hydrogens is 416 g/mol. The van der Waals surface area contributed by atoms with Crippen LogP contribution in [0.2, 0.25) is 0 Å². The van der Waals surface area contributed by atoms with E-state index < -0.39 is 0 Å². The van der Waals surface area contributed by atoms with Crippen LogP contribution in [0.1, 0.15) is 52.7 Å². The number of carbonyl (C=O) groups excluding carboxylic acids is 1. The van der Waals surface area contributed by atoms with Crippen LogP contribution in [0.15, 0.2) is 91.0 Å². The van der Waals surface area contributed by atoms with Gasteiger partial charge in [0.2, 0.25) is 0 Å². The Morgan fingerprint density at radius 1 is 0.794 bits per heavy atom. The Balaban J connectivity index is 1.22. The number of anilines is 2. The van der Waals surface area contributed by atoms with Crippen LogP contribution in [0.4, 0.5) is 11.4 Å². The van der Waals surface area contributed by atoms with Crippen molar-refractivity contribution in [1.82, 2.24) is 0 Å². The third kappa shape index (κ3) is 3.14. The van der Waals surface area contributed by atoms with Crippen molar-refractivity contribution in [3.63, 3.8) is 0 Å². The first-order valence-electron chi connectivity index (χ1n) is 12.5. The summed E-state index contributed by atoms with van der Waals surface area (Å²) in [5.41, 5.74) is 5.50. The van der Waals surface area contributed by atoms with Crippen molar-refractivity contribution >= 4 is 28.1 Å². The second-order valence-corrected chi connectivity index (χ2v) is 10.3. The maximum absolute atomic E-state index is 13.2. The molecule has 168 valence electrons. The molecule has 2 fully saturated rings. The van der Waals surface area contributed by atoms with E-state index in [1.807, 2.05) is 30.3 Å². The molecule has 0 saturated heterocycles. The molecule has 2 aliphatic carbocycles. The highest BCUT2D eigenvalue weighted by Crippen LogP contribution is 2.63. The topological polar surface area (TPSA) is 41.1 Å². The third-order valence-electron chi connectivity index (χ3n) is 8.52. The van der Waals surface area contributed by atoms with Crippen molar-refractivity contribution in [1.29, 1.82) is 0 Å². The molecule has 4 aromatic carbocycles. The first-order chi connectivity index (χ1) is 16.7. The van der Waals surface area contributed by atoms with Crippen molar-refractivity contribution in [2.45, 2.75) is 31.2 Å². The standard InChI is InChI=1S/C31H28N2O/c34-31(32-25-14-12-19-6-4-5-9-21(19)17-25)24-13-15-27-26(18-24)28-22-10-11-23(16-22)29(28)30(33-27)20-7-2-1-3-8-20/h1-9,12-15,17-18,22-23,28-30,33H,10-11,16H2,(H,32,34). The molecule has 5 atom stereocenters. The molecule has 3 aliphatic rings. The van der Waals surface area contributed by atoms with Gasteiger partial charge in [-0.1, -0.05) is 60.7 Å². The van der Waals surface area contributed by atoms with Crippen LogP contribution in [0.25, 0.3) is 10.8 Å². The van der Waals surface area contributed by atoms with E-state index in [4.69, 9.17) is 0 Å². The summed E-state index contributed by atoms with van der Waals surface area (Å²) in [6.45, 7) is 0. The molecule has 2 N–H and O–H groups in total. The number of amides is 1. The van der Waals surface area contributed by atoms with Crippen molar-refractivity contribution in [2.24, 2.45) is 17.8 Å². The highest BCUT2D eigenvalue weighted by molar-refractivity contribution is 6.05. The molecular formula is C31H28N2O. The van der Waals surface area contributed by atoms with E-state index in [1.165, 1.54) is 41.5 Å². The van der Waals surface area contributed by atoms with E-state index in [0.717, 1.165) is 28.5 Å². The number of hydrogen-bond donors (Lipinski definition) is 2. The van der Waals surface area contributed by atoms with Crippen LogP contribution in [0.3, 0.4) is 0 Å². The number of nitrogens with one attached hydrogen (secondary N) is 2. The van der Waals surface area contributed by atoms with Gasteiger partial charge in [0.05, 0.1) is 6.04 Å². The maximum atomic E-state index is 13.2. The fourth-order valence-corrected chi connectivity index (χ4v) is 7.09. The van der Waals surface area contributed by atoms with Crippen molar-refractivity contribution in [3.05, 3.63) is 108 Å². The maximum Gasteiger partial charge on any atom is 0.255 e. The van der Waals surface area contributed by atoms with Gasteiger partial charge in [-0.25, -0.2) is 0 Å². The predicted octanol–water partition coefficient (Wildman–Crippen LogP) is 7.39. The van der Waals surface area contributed by atoms with Crippen LogP contribution >= 0.6 is 0 Å². The average molecular weight is 445 g/mol. The fraction of sp³-hybridized carbons (Fsp3) is 0.258. The second-order valence-electron chi connectivity index (χ2n) is 10.3. The zero-order valence-corrected chi connectivity index (χ0v) is 19.1. The van der Waals surface area contributed by atoms with Crippen LogP contribution in [-0.4, -0.2) is 5.91 Å². The minimum absolute atomic E-state index is 0.0389. The lowest BCUT2D eigenvalue weighted by Crippen LogP contribution is -2.35. The summed E-state index contributed by atoms with van der Waals surface area (Å²) in [6, 6.07) is 31.8. The van der Waals surface area contributed by atoms with Crippen molar-refractivity contribution in [2.75, 3.05) is 10.6 Å².